The molecule has 90 valence electrons. The lowest BCUT2D eigenvalue weighted by Gasteiger charge is -2.21. The monoisotopic (exact) mass is 226 g/mol. The zero-order chi connectivity index (χ0) is 11.6. The van der Waals surface area contributed by atoms with Crippen LogP contribution in [0.2, 0.25) is 0 Å². The Bertz CT molecular complexity index is 252. The molecule has 1 saturated heterocycles. The molecule has 1 unspecified atom stereocenters. The fraction of sp³-hybridized carbons (Fsp3) is 0.583. The van der Waals surface area contributed by atoms with Crippen molar-refractivity contribution >= 4 is 5.97 Å². The van der Waals surface area contributed by atoms with Crippen LogP contribution < -0.4 is 0 Å². The minimum absolute atomic E-state index is 0.0667. The molecule has 0 aromatic heterocycles. The number of allylic oxidation sites excluding steroid dienone is 2. The average molecular weight is 226 g/mol. The third-order valence-corrected chi connectivity index (χ3v) is 2.20. The summed E-state index contributed by atoms with van der Waals surface area (Å²) >= 11 is 0. The van der Waals surface area contributed by atoms with Crippen LogP contribution in [0.3, 0.4) is 0 Å². The van der Waals surface area contributed by atoms with Gasteiger partial charge in [0.05, 0.1) is 13.7 Å². The molecular weight excluding hydrogens is 208 g/mol. The predicted octanol–water partition coefficient (Wildman–Crippen LogP) is 1.81. The van der Waals surface area contributed by atoms with Crippen molar-refractivity contribution < 1.29 is 19.0 Å². The molecule has 0 aliphatic carbocycles. The summed E-state index contributed by atoms with van der Waals surface area (Å²) in [5.41, 5.74) is 0. The maximum Gasteiger partial charge on any atom is 0.330 e. The number of methoxy groups -OCH3 is 1. The summed E-state index contributed by atoms with van der Waals surface area (Å²) in [5.74, 6) is -0.360. The van der Waals surface area contributed by atoms with E-state index in [4.69, 9.17) is 9.47 Å². The summed E-state index contributed by atoms with van der Waals surface area (Å²) in [6.07, 6.45) is 9.74. The van der Waals surface area contributed by atoms with Gasteiger partial charge in [-0.25, -0.2) is 4.79 Å². The van der Waals surface area contributed by atoms with Gasteiger partial charge in [0.15, 0.2) is 6.29 Å². The van der Waals surface area contributed by atoms with Crippen molar-refractivity contribution in [1.82, 2.24) is 0 Å². The fourth-order valence-corrected chi connectivity index (χ4v) is 1.34. The molecule has 0 aromatic rings. The molecule has 1 aliphatic heterocycles. The van der Waals surface area contributed by atoms with Crippen LogP contribution in [-0.4, -0.2) is 32.6 Å². The topological polar surface area (TPSA) is 44.8 Å². The van der Waals surface area contributed by atoms with Gasteiger partial charge in [-0.2, -0.15) is 0 Å². The van der Waals surface area contributed by atoms with Crippen LogP contribution in [0.4, 0.5) is 0 Å². The summed E-state index contributed by atoms with van der Waals surface area (Å²) in [6.45, 7) is 1.28. The van der Waals surface area contributed by atoms with Crippen molar-refractivity contribution in [2.24, 2.45) is 0 Å². The highest BCUT2D eigenvalue weighted by Gasteiger charge is 2.12. The highest BCUT2D eigenvalue weighted by molar-refractivity contribution is 5.82. The van der Waals surface area contributed by atoms with E-state index >= 15 is 0 Å². The molecule has 0 radical (unpaired) electrons. The molecule has 1 rings (SSSR count). The first kappa shape index (κ1) is 12.9. The SMILES string of the molecule is COC(=O)/C=C/C=C/COC1CCCCO1. The van der Waals surface area contributed by atoms with Crippen LogP contribution in [0, 0.1) is 0 Å². The summed E-state index contributed by atoms with van der Waals surface area (Å²) in [5, 5.41) is 0. The molecule has 1 fully saturated rings. The third kappa shape index (κ3) is 5.68. The Hall–Kier alpha value is -1.13. The predicted molar refractivity (Wildman–Crippen MR) is 59.8 cm³/mol. The Morgan fingerprint density at radius 3 is 3.00 bits per heavy atom. The molecule has 0 amide bonds. The number of hydrogen-bond acceptors (Lipinski definition) is 4. The van der Waals surface area contributed by atoms with E-state index in [0.29, 0.717) is 6.61 Å². The lowest BCUT2D eigenvalue weighted by atomic mass is 10.2. The van der Waals surface area contributed by atoms with Crippen LogP contribution >= 0.6 is 0 Å². The van der Waals surface area contributed by atoms with Gasteiger partial charge in [-0.1, -0.05) is 18.2 Å². The number of carbonyl (C=O) groups excluding carboxylic acids is 1. The van der Waals surface area contributed by atoms with Crippen LogP contribution in [-0.2, 0) is 19.0 Å². The van der Waals surface area contributed by atoms with Gasteiger partial charge < -0.3 is 14.2 Å². The van der Waals surface area contributed by atoms with Crippen LogP contribution in [0.5, 0.6) is 0 Å². The Morgan fingerprint density at radius 1 is 1.44 bits per heavy atom. The molecule has 4 nitrogen and oxygen atoms in total. The molecule has 0 aromatic carbocycles. The largest absolute Gasteiger partial charge is 0.466 e. The van der Waals surface area contributed by atoms with E-state index < -0.39 is 0 Å². The molecule has 1 atom stereocenters. The summed E-state index contributed by atoms with van der Waals surface area (Å²) in [7, 11) is 1.35. The van der Waals surface area contributed by atoms with Gasteiger partial charge in [0.2, 0.25) is 0 Å². The lowest BCUT2D eigenvalue weighted by molar-refractivity contribution is -0.155. The van der Waals surface area contributed by atoms with Crippen molar-refractivity contribution in [3.05, 3.63) is 24.3 Å². The first-order valence-corrected chi connectivity index (χ1v) is 5.47. The summed E-state index contributed by atoms with van der Waals surface area (Å²) < 4.78 is 15.3. The van der Waals surface area contributed by atoms with Crippen LogP contribution in [0.1, 0.15) is 19.3 Å². The average Bonchev–Trinajstić information content (AvgIpc) is 2.34. The van der Waals surface area contributed by atoms with E-state index in [0.717, 1.165) is 25.9 Å². The quantitative estimate of drug-likeness (QED) is 0.407. The molecule has 1 aliphatic rings. The van der Waals surface area contributed by atoms with Crippen LogP contribution in [0.15, 0.2) is 24.3 Å². The molecule has 4 heteroatoms. The molecular formula is C12H18O4. The van der Waals surface area contributed by atoms with Crippen LogP contribution in [0.25, 0.3) is 0 Å². The van der Waals surface area contributed by atoms with Crippen molar-refractivity contribution in [2.75, 3.05) is 20.3 Å². The molecule has 0 N–H and O–H groups in total. The summed E-state index contributed by atoms with van der Waals surface area (Å²) in [6, 6.07) is 0. The number of rotatable bonds is 5. The van der Waals surface area contributed by atoms with Gasteiger partial charge in [0, 0.05) is 12.7 Å². The molecule has 0 saturated carbocycles. The highest BCUT2D eigenvalue weighted by Crippen LogP contribution is 2.13. The Kier molecular flexibility index (Phi) is 6.53. The zero-order valence-corrected chi connectivity index (χ0v) is 9.56. The Balaban J connectivity index is 2.07. The number of carbonyl (C=O) groups is 1. The second-order valence-corrected chi connectivity index (χ2v) is 3.44. The molecule has 0 bridgehead atoms. The number of hydrogen-bond donors (Lipinski definition) is 0. The number of ether oxygens (including phenoxy) is 3. The lowest BCUT2D eigenvalue weighted by Crippen LogP contribution is -2.22. The highest BCUT2D eigenvalue weighted by atomic mass is 16.7. The maximum atomic E-state index is 10.7. The fourth-order valence-electron chi connectivity index (χ4n) is 1.34. The van der Waals surface area contributed by atoms with Crippen molar-refractivity contribution in [2.45, 2.75) is 25.6 Å². The minimum Gasteiger partial charge on any atom is -0.466 e. The van der Waals surface area contributed by atoms with E-state index in [9.17, 15) is 4.79 Å². The van der Waals surface area contributed by atoms with E-state index in [1.54, 1.807) is 12.2 Å². The van der Waals surface area contributed by atoms with E-state index in [1.807, 2.05) is 6.08 Å². The maximum absolute atomic E-state index is 10.7. The minimum atomic E-state index is -0.360. The molecule has 16 heavy (non-hydrogen) atoms. The van der Waals surface area contributed by atoms with E-state index in [-0.39, 0.29) is 12.3 Å². The van der Waals surface area contributed by atoms with Gasteiger partial charge in [-0.05, 0) is 19.3 Å². The smallest absolute Gasteiger partial charge is 0.330 e. The molecule has 0 spiro atoms. The van der Waals surface area contributed by atoms with Gasteiger partial charge in [-0.3, -0.25) is 0 Å². The van der Waals surface area contributed by atoms with Gasteiger partial charge >= 0.3 is 5.97 Å². The van der Waals surface area contributed by atoms with Crippen molar-refractivity contribution in [3.63, 3.8) is 0 Å². The first-order chi connectivity index (χ1) is 7.83. The van der Waals surface area contributed by atoms with Crippen molar-refractivity contribution in [1.29, 1.82) is 0 Å². The van der Waals surface area contributed by atoms with E-state index in [2.05, 4.69) is 4.74 Å². The van der Waals surface area contributed by atoms with Crippen molar-refractivity contribution in [3.8, 4) is 0 Å². The Morgan fingerprint density at radius 2 is 2.31 bits per heavy atom. The standard InChI is InChI=1S/C12H18O4/c1-14-11(13)7-3-2-5-9-15-12-8-4-6-10-16-12/h2-3,5,7,12H,4,6,8-10H2,1H3/b5-2+,7-3+. The van der Waals surface area contributed by atoms with Gasteiger partial charge in [0.1, 0.15) is 0 Å². The van der Waals surface area contributed by atoms with Gasteiger partial charge in [-0.15, -0.1) is 0 Å². The second kappa shape index (κ2) is 8.07. The number of esters is 1. The second-order valence-electron chi connectivity index (χ2n) is 3.44. The third-order valence-electron chi connectivity index (χ3n) is 2.20. The summed E-state index contributed by atoms with van der Waals surface area (Å²) in [4.78, 5) is 10.7. The molecule has 1 heterocycles. The first-order valence-electron chi connectivity index (χ1n) is 5.47. The van der Waals surface area contributed by atoms with E-state index in [1.165, 1.54) is 13.2 Å². The Labute approximate surface area is 95.9 Å². The normalized spacial score (nSPS) is 21.7. The van der Waals surface area contributed by atoms with Gasteiger partial charge in [0.25, 0.3) is 0 Å². The zero-order valence-electron chi connectivity index (χ0n) is 9.56.